The van der Waals surface area contributed by atoms with Gasteiger partial charge in [0.15, 0.2) is 0 Å². The summed E-state index contributed by atoms with van der Waals surface area (Å²) in [7, 11) is 0. The Kier molecular flexibility index (Phi) is 6.82. The zero-order chi connectivity index (χ0) is 25.9. The number of carbonyl (C=O) groups excluding carboxylic acids is 1. The Morgan fingerprint density at radius 1 is 1.05 bits per heavy atom. The topological polar surface area (TPSA) is 89.2 Å². The van der Waals surface area contributed by atoms with E-state index in [9.17, 15) is 4.79 Å². The Hall–Kier alpha value is -4.13. The van der Waals surface area contributed by atoms with Gasteiger partial charge in [0.2, 0.25) is 0 Å². The van der Waals surface area contributed by atoms with Gasteiger partial charge in [-0.3, -0.25) is 10.3 Å². The molecule has 0 atom stereocenters. The zero-order valence-corrected chi connectivity index (χ0v) is 21.4. The highest BCUT2D eigenvalue weighted by molar-refractivity contribution is 6.06. The molecular formula is C31H32N4O3. The lowest BCUT2D eigenvalue weighted by molar-refractivity contribution is 0.114. The van der Waals surface area contributed by atoms with Gasteiger partial charge in [0.05, 0.1) is 11.2 Å². The first-order chi connectivity index (χ1) is 18.7. The maximum Gasteiger partial charge on any atom is 0.411 e. The van der Waals surface area contributed by atoms with Crippen LogP contribution < -0.4 is 10.1 Å². The Balaban J connectivity index is 1.30. The molecule has 38 heavy (non-hydrogen) atoms. The maximum absolute atomic E-state index is 12.3. The molecule has 7 heteroatoms. The molecule has 2 aliphatic rings. The van der Waals surface area contributed by atoms with Crippen molar-refractivity contribution >= 4 is 28.9 Å². The van der Waals surface area contributed by atoms with Gasteiger partial charge in [-0.05, 0) is 80.8 Å². The average Bonchev–Trinajstić information content (AvgIpc) is 3.53. The van der Waals surface area contributed by atoms with Crippen LogP contribution >= 0.6 is 0 Å². The van der Waals surface area contributed by atoms with Crippen molar-refractivity contribution in [3.05, 3.63) is 78.1 Å². The minimum absolute atomic E-state index is 0.0286. The molecule has 4 aromatic rings. The van der Waals surface area contributed by atoms with Crippen molar-refractivity contribution in [3.8, 4) is 17.0 Å². The number of hydrogen-bond acceptors (Lipinski definition) is 5. The Labute approximate surface area is 222 Å². The van der Waals surface area contributed by atoms with E-state index in [1.165, 1.54) is 12.6 Å². The lowest BCUT2D eigenvalue weighted by Gasteiger charge is -2.30. The second-order valence-electron chi connectivity index (χ2n) is 10.2. The average molecular weight is 509 g/mol. The summed E-state index contributed by atoms with van der Waals surface area (Å²) in [5, 5.41) is 12.2. The molecule has 2 fully saturated rings. The Bertz CT molecular complexity index is 1440. The molecule has 7 nitrogen and oxygen atoms in total. The number of aromatic nitrogens is 2. The third kappa shape index (κ3) is 4.88. The van der Waals surface area contributed by atoms with Crippen LogP contribution in [0, 0.1) is 5.41 Å². The quantitative estimate of drug-likeness (QED) is 0.241. The van der Waals surface area contributed by atoms with Crippen molar-refractivity contribution in [2.45, 2.75) is 63.7 Å². The first kappa shape index (κ1) is 24.2. The van der Waals surface area contributed by atoms with E-state index in [1.54, 1.807) is 6.20 Å². The van der Waals surface area contributed by atoms with E-state index in [1.807, 2.05) is 48.7 Å². The van der Waals surface area contributed by atoms with E-state index in [0.29, 0.717) is 18.3 Å². The monoisotopic (exact) mass is 508 g/mol. The van der Waals surface area contributed by atoms with Crippen LogP contribution in [0.4, 0.5) is 10.5 Å². The summed E-state index contributed by atoms with van der Waals surface area (Å²) in [5.74, 6) is 0.794. The van der Waals surface area contributed by atoms with Crippen LogP contribution in [-0.2, 0) is 11.3 Å². The molecule has 2 aliphatic carbocycles. The standard InChI is InChI=1S/C31H32N4O3/c32-18-28-27-15-14-26(37-20-21-5-4-16-33-19-21)17-29(27)35(24-6-3-7-24)30(28)22-10-12-23(13-11-22)34-31(36)38-25-8-1-2-9-25/h4-5,10-19,24-25,32H,1-3,6-9,20H2,(H,34,36). The molecular weight excluding hydrogens is 476 g/mol. The van der Waals surface area contributed by atoms with Gasteiger partial charge in [0.1, 0.15) is 18.5 Å². The predicted octanol–water partition coefficient (Wildman–Crippen LogP) is 7.50. The summed E-state index contributed by atoms with van der Waals surface area (Å²) in [6.45, 7) is 0.450. The van der Waals surface area contributed by atoms with E-state index >= 15 is 0 Å². The number of anilines is 1. The number of rotatable bonds is 8. The van der Waals surface area contributed by atoms with Gasteiger partial charge in [0, 0.05) is 52.9 Å². The number of amides is 1. The van der Waals surface area contributed by atoms with Gasteiger partial charge in [-0.15, -0.1) is 0 Å². The third-order valence-electron chi connectivity index (χ3n) is 7.71. The molecule has 194 valence electrons. The van der Waals surface area contributed by atoms with Crippen LogP contribution in [0.1, 0.15) is 62.1 Å². The zero-order valence-electron chi connectivity index (χ0n) is 21.4. The van der Waals surface area contributed by atoms with Gasteiger partial charge in [-0.2, -0.15) is 0 Å². The summed E-state index contributed by atoms with van der Waals surface area (Å²) >= 11 is 0. The number of pyridine rings is 1. The van der Waals surface area contributed by atoms with Crippen LogP contribution in [0.3, 0.4) is 0 Å². The molecule has 2 aromatic carbocycles. The van der Waals surface area contributed by atoms with Gasteiger partial charge in [-0.1, -0.05) is 18.2 Å². The largest absolute Gasteiger partial charge is 0.489 e. The van der Waals surface area contributed by atoms with Crippen molar-refractivity contribution in [2.24, 2.45) is 0 Å². The number of nitrogens with one attached hydrogen (secondary N) is 2. The van der Waals surface area contributed by atoms with E-state index < -0.39 is 6.09 Å². The highest BCUT2D eigenvalue weighted by atomic mass is 16.6. The third-order valence-corrected chi connectivity index (χ3v) is 7.71. The van der Waals surface area contributed by atoms with Crippen LogP contribution in [0.2, 0.25) is 0 Å². The molecule has 0 spiro atoms. The molecule has 6 rings (SSSR count). The fourth-order valence-electron chi connectivity index (χ4n) is 5.54. The van der Waals surface area contributed by atoms with Crippen molar-refractivity contribution < 1.29 is 14.3 Å². The molecule has 2 heterocycles. The first-order valence-corrected chi connectivity index (χ1v) is 13.5. The number of fused-ring (bicyclic) bond motifs is 1. The second-order valence-corrected chi connectivity index (χ2v) is 10.2. The van der Waals surface area contributed by atoms with E-state index in [-0.39, 0.29) is 6.10 Å². The van der Waals surface area contributed by atoms with Crippen LogP contribution in [0.25, 0.3) is 22.2 Å². The van der Waals surface area contributed by atoms with Crippen molar-refractivity contribution in [1.82, 2.24) is 9.55 Å². The summed E-state index contributed by atoms with van der Waals surface area (Å²) < 4.78 is 14.0. The first-order valence-electron chi connectivity index (χ1n) is 13.5. The number of benzene rings is 2. The predicted molar refractivity (Wildman–Crippen MR) is 149 cm³/mol. The molecule has 2 N–H and O–H groups in total. The minimum atomic E-state index is -0.396. The normalized spacial score (nSPS) is 15.8. The minimum Gasteiger partial charge on any atom is -0.489 e. The smallest absolute Gasteiger partial charge is 0.411 e. The molecule has 2 aromatic heterocycles. The Morgan fingerprint density at radius 2 is 1.87 bits per heavy atom. The lowest BCUT2D eigenvalue weighted by atomic mass is 9.92. The summed E-state index contributed by atoms with van der Waals surface area (Å²) in [6.07, 6.45) is 12.2. The molecule has 0 bridgehead atoms. The maximum atomic E-state index is 12.3. The Morgan fingerprint density at radius 3 is 2.55 bits per heavy atom. The van der Waals surface area contributed by atoms with Crippen molar-refractivity contribution in [3.63, 3.8) is 0 Å². The van der Waals surface area contributed by atoms with E-state index in [2.05, 4.69) is 27.0 Å². The van der Waals surface area contributed by atoms with E-state index in [4.69, 9.17) is 14.9 Å². The SMILES string of the molecule is N=Cc1c(-c2ccc(NC(=O)OC3CCCC3)cc2)n(C2CCC2)c2cc(OCc3cccnc3)ccc12. The highest BCUT2D eigenvalue weighted by Crippen LogP contribution is 2.43. The number of nitrogens with zero attached hydrogens (tertiary/aromatic N) is 2. The fraction of sp³-hybridized carbons (Fsp3) is 0.323. The second kappa shape index (κ2) is 10.7. The summed E-state index contributed by atoms with van der Waals surface area (Å²) in [5.41, 5.74) is 5.74. The van der Waals surface area contributed by atoms with Crippen LogP contribution in [0.15, 0.2) is 67.0 Å². The van der Waals surface area contributed by atoms with Crippen molar-refractivity contribution in [1.29, 1.82) is 5.41 Å². The molecule has 0 unspecified atom stereocenters. The van der Waals surface area contributed by atoms with Gasteiger partial charge < -0.3 is 19.5 Å². The molecule has 0 saturated heterocycles. The molecule has 0 aliphatic heterocycles. The van der Waals surface area contributed by atoms with Gasteiger partial charge >= 0.3 is 6.09 Å². The number of ether oxygens (including phenoxy) is 2. The van der Waals surface area contributed by atoms with Crippen molar-refractivity contribution in [2.75, 3.05) is 5.32 Å². The summed E-state index contributed by atoms with van der Waals surface area (Å²) in [6, 6.07) is 18.3. The molecule has 1 amide bonds. The van der Waals surface area contributed by atoms with Crippen LogP contribution in [0.5, 0.6) is 5.75 Å². The summed E-state index contributed by atoms with van der Waals surface area (Å²) in [4.78, 5) is 16.5. The molecule has 0 radical (unpaired) electrons. The molecule has 2 saturated carbocycles. The fourth-order valence-corrected chi connectivity index (χ4v) is 5.54. The number of carbonyl (C=O) groups is 1. The lowest BCUT2D eigenvalue weighted by Crippen LogP contribution is -2.20. The van der Waals surface area contributed by atoms with Gasteiger partial charge in [0.25, 0.3) is 0 Å². The van der Waals surface area contributed by atoms with Crippen LogP contribution in [-0.4, -0.2) is 28.0 Å². The van der Waals surface area contributed by atoms with Gasteiger partial charge in [-0.25, -0.2) is 4.79 Å². The van der Waals surface area contributed by atoms with E-state index in [0.717, 1.165) is 77.6 Å². The number of hydrogen-bond donors (Lipinski definition) is 2. The highest BCUT2D eigenvalue weighted by Gasteiger charge is 2.27.